The number of rotatable bonds is 6. The van der Waals surface area contributed by atoms with Gasteiger partial charge in [-0.15, -0.1) is 0 Å². The smallest absolute Gasteiger partial charge is 0.251 e. The molecule has 0 unspecified atom stereocenters. The van der Waals surface area contributed by atoms with Crippen molar-refractivity contribution < 1.29 is 4.79 Å². The van der Waals surface area contributed by atoms with Gasteiger partial charge in [-0.2, -0.15) is 0 Å². The van der Waals surface area contributed by atoms with Crippen molar-refractivity contribution in [2.45, 2.75) is 26.2 Å². The minimum absolute atomic E-state index is 0.0988. The van der Waals surface area contributed by atoms with Gasteiger partial charge in [0, 0.05) is 19.2 Å². The lowest BCUT2D eigenvalue weighted by Gasteiger charge is -2.09. The molecule has 94 valence electrons. The first-order valence-electron chi connectivity index (χ1n) is 5.94. The molecular weight excluding hydrogens is 236 g/mol. The lowest BCUT2D eigenvalue weighted by molar-refractivity contribution is 0.0963. The van der Waals surface area contributed by atoms with Crippen LogP contribution in [0.3, 0.4) is 0 Å². The molecule has 0 aliphatic carbocycles. The molecule has 0 aliphatic rings. The largest absolute Gasteiger partial charge is 0.384 e. The Morgan fingerprint density at radius 3 is 2.76 bits per heavy atom. The molecule has 0 saturated carbocycles. The van der Waals surface area contributed by atoms with E-state index >= 15 is 0 Å². The summed E-state index contributed by atoms with van der Waals surface area (Å²) in [4.78, 5) is 11.5. The predicted octanol–water partition coefficient (Wildman–Crippen LogP) is 3.30. The Morgan fingerprint density at radius 1 is 1.35 bits per heavy atom. The molecule has 0 bridgehead atoms. The second kappa shape index (κ2) is 7.17. The summed E-state index contributed by atoms with van der Waals surface area (Å²) in [6.45, 7) is 3.05. The highest BCUT2D eigenvalue weighted by atomic mass is 35.5. The predicted molar refractivity (Wildman–Crippen MR) is 72.9 cm³/mol. The van der Waals surface area contributed by atoms with Gasteiger partial charge >= 0.3 is 0 Å². The molecule has 0 aromatic heterocycles. The molecule has 2 N–H and O–H groups in total. The van der Waals surface area contributed by atoms with E-state index in [9.17, 15) is 4.79 Å². The third-order valence-electron chi connectivity index (χ3n) is 2.55. The first-order valence-corrected chi connectivity index (χ1v) is 6.32. The van der Waals surface area contributed by atoms with Crippen LogP contribution in [-0.4, -0.2) is 19.5 Å². The molecular formula is C13H19ClN2O. The van der Waals surface area contributed by atoms with Crippen molar-refractivity contribution >= 4 is 23.2 Å². The summed E-state index contributed by atoms with van der Waals surface area (Å²) in [5.41, 5.74) is 1.44. The van der Waals surface area contributed by atoms with E-state index < -0.39 is 0 Å². The van der Waals surface area contributed by atoms with E-state index in [-0.39, 0.29) is 5.91 Å². The van der Waals surface area contributed by atoms with Gasteiger partial charge in [0.2, 0.25) is 0 Å². The number of nitrogens with one attached hydrogen (secondary N) is 2. The van der Waals surface area contributed by atoms with Crippen molar-refractivity contribution in [3.05, 3.63) is 28.8 Å². The minimum Gasteiger partial charge on any atom is -0.384 e. The van der Waals surface area contributed by atoms with Crippen LogP contribution in [0, 0.1) is 0 Å². The summed E-state index contributed by atoms with van der Waals surface area (Å²) in [5, 5.41) is 6.50. The van der Waals surface area contributed by atoms with Crippen LogP contribution in [0.2, 0.25) is 5.02 Å². The van der Waals surface area contributed by atoms with Gasteiger partial charge in [0.25, 0.3) is 5.91 Å². The fourth-order valence-corrected chi connectivity index (χ4v) is 1.73. The minimum atomic E-state index is -0.0988. The van der Waals surface area contributed by atoms with Crippen LogP contribution < -0.4 is 10.6 Å². The highest BCUT2D eigenvalue weighted by molar-refractivity contribution is 6.33. The monoisotopic (exact) mass is 254 g/mol. The molecule has 4 heteroatoms. The van der Waals surface area contributed by atoms with Gasteiger partial charge < -0.3 is 10.6 Å². The molecule has 0 fully saturated rings. The molecule has 0 spiro atoms. The van der Waals surface area contributed by atoms with Gasteiger partial charge in [0.05, 0.1) is 10.7 Å². The summed E-state index contributed by atoms with van der Waals surface area (Å²) in [6.07, 6.45) is 3.49. The number of amides is 1. The fourth-order valence-electron chi connectivity index (χ4n) is 1.54. The second-order valence-electron chi connectivity index (χ2n) is 3.91. The number of carbonyl (C=O) groups is 1. The van der Waals surface area contributed by atoms with Crippen LogP contribution in [0.5, 0.6) is 0 Å². The number of hydrogen-bond donors (Lipinski definition) is 2. The SMILES string of the molecule is CCCCCNc1cc(C(=O)NC)ccc1Cl. The fraction of sp³-hybridized carbons (Fsp3) is 0.462. The Hall–Kier alpha value is -1.22. The van der Waals surface area contributed by atoms with Crippen molar-refractivity contribution in [2.75, 3.05) is 18.9 Å². The zero-order valence-electron chi connectivity index (χ0n) is 10.3. The maximum Gasteiger partial charge on any atom is 0.251 e. The van der Waals surface area contributed by atoms with E-state index in [1.807, 2.05) is 0 Å². The lowest BCUT2D eigenvalue weighted by Crippen LogP contribution is -2.18. The summed E-state index contributed by atoms with van der Waals surface area (Å²) >= 11 is 6.06. The molecule has 0 atom stereocenters. The van der Waals surface area contributed by atoms with E-state index in [0.29, 0.717) is 10.6 Å². The molecule has 1 rings (SSSR count). The van der Waals surface area contributed by atoms with Gasteiger partial charge in [0.1, 0.15) is 0 Å². The Balaban J connectivity index is 2.66. The highest BCUT2D eigenvalue weighted by Crippen LogP contribution is 2.23. The van der Waals surface area contributed by atoms with Gasteiger partial charge in [-0.3, -0.25) is 4.79 Å². The zero-order chi connectivity index (χ0) is 12.7. The van der Waals surface area contributed by atoms with E-state index in [2.05, 4.69) is 17.6 Å². The normalized spacial score (nSPS) is 10.1. The second-order valence-corrected chi connectivity index (χ2v) is 4.31. The topological polar surface area (TPSA) is 41.1 Å². The molecule has 0 radical (unpaired) electrons. The van der Waals surface area contributed by atoms with Crippen molar-refractivity contribution in [3.63, 3.8) is 0 Å². The molecule has 0 heterocycles. The molecule has 0 aliphatic heterocycles. The van der Waals surface area contributed by atoms with E-state index in [4.69, 9.17) is 11.6 Å². The summed E-state index contributed by atoms with van der Waals surface area (Å²) in [6, 6.07) is 5.25. The Labute approximate surface area is 108 Å². The highest BCUT2D eigenvalue weighted by Gasteiger charge is 2.06. The van der Waals surface area contributed by atoms with Crippen molar-refractivity contribution in [2.24, 2.45) is 0 Å². The van der Waals surface area contributed by atoms with Gasteiger partial charge in [-0.25, -0.2) is 0 Å². The summed E-state index contributed by atoms with van der Waals surface area (Å²) in [7, 11) is 1.62. The lowest BCUT2D eigenvalue weighted by atomic mass is 10.2. The number of benzene rings is 1. The molecule has 17 heavy (non-hydrogen) atoms. The molecule has 1 aromatic carbocycles. The first kappa shape index (κ1) is 13.8. The van der Waals surface area contributed by atoms with E-state index in [1.165, 1.54) is 12.8 Å². The molecule has 1 amide bonds. The van der Waals surface area contributed by atoms with E-state index in [0.717, 1.165) is 18.7 Å². The Bertz CT molecular complexity index is 380. The van der Waals surface area contributed by atoms with Gasteiger partial charge in [-0.05, 0) is 24.6 Å². The Kier molecular flexibility index (Phi) is 5.84. The van der Waals surface area contributed by atoms with Crippen LogP contribution in [0.25, 0.3) is 0 Å². The quantitative estimate of drug-likeness (QED) is 0.765. The number of halogens is 1. The van der Waals surface area contributed by atoms with Crippen LogP contribution in [-0.2, 0) is 0 Å². The third kappa shape index (κ3) is 4.27. The van der Waals surface area contributed by atoms with Crippen molar-refractivity contribution in [1.29, 1.82) is 0 Å². The average Bonchev–Trinajstić information content (AvgIpc) is 2.35. The molecule has 1 aromatic rings. The zero-order valence-corrected chi connectivity index (χ0v) is 11.1. The maximum atomic E-state index is 11.5. The summed E-state index contributed by atoms with van der Waals surface area (Å²) in [5.74, 6) is -0.0988. The number of unbranched alkanes of at least 4 members (excludes halogenated alkanes) is 2. The molecule has 0 saturated heterocycles. The van der Waals surface area contributed by atoms with Gasteiger partial charge in [0.15, 0.2) is 0 Å². The number of hydrogen-bond acceptors (Lipinski definition) is 2. The average molecular weight is 255 g/mol. The summed E-state index contributed by atoms with van der Waals surface area (Å²) < 4.78 is 0. The molecule has 3 nitrogen and oxygen atoms in total. The van der Waals surface area contributed by atoms with Crippen LogP contribution in [0.4, 0.5) is 5.69 Å². The van der Waals surface area contributed by atoms with Crippen molar-refractivity contribution in [1.82, 2.24) is 5.32 Å². The van der Waals surface area contributed by atoms with Gasteiger partial charge in [-0.1, -0.05) is 31.4 Å². The van der Waals surface area contributed by atoms with Crippen LogP contribution in [0.15, 0.2) is 18.2 Å². The standard InChI is InChI=1S/C13H19ClN2O/c1-3-4-5-8-16-12-9-10(13(17)15-2)6-7-11(12)14/h6-7,9,16H,3-5,8H2,1-2H3,(H,15,17). The van der Waals surface area contributed by atoms with Crippen molar-refractivity contribution in [3.8, 4) is 0 Å². The number of anilines is 1. The van der Waals surface area contributed by atoms with Crippen LogP contribution >= 0.6 is 11.6 Å². The van der Waals surface area contributed by atoms with E-state index in [1.54, 1.807) is 25.2 Å². The Morgan fingerprint density at radius 2 is 2.12 bits per heavy atom. The third-order valence-corrected chi connectivity index (χ3v) is 2.88. The first-order chi connectivity index (χ1) is 8.19. The number of carbonyl (C=O) groups excluding carboxylic acids is 1. The maximum absolute atomic E-state index is 11.5. The van der Waals surface area contributed by atoms with Crippen LogP contribution in [0.1, 0.15) is 36.5 Å².